The van der Waals surface area contributed by atoms with E-state index in [1.54, 1.807) is 0 Å². The molecule has 0 spiro atoms. The van der Waals surface area contributed by atoms with Crippen LogP contribution < -0.4 is 0 Å². The Hall–Kier alpha value is -1.47. The number of thiocarbonyl (C=S) groups is 1. The Kier molecular flexibility index (Phi) is 5.75. The lowest BCUT2D eigenvalue weighted by atomic mass is 9.82. The van der Waals surface area contributed by atoms with E-state index in [1.807, 2.05) is 6.07 Å². The average molecular weight is 325 g/mol. The Morgan fingerprint density at radius 1 is 0.739 bits per heavy atom. The predicted molar refractivity (Wildman–Crippen MR) is 106 cm³/mol. The molecular weight excluding hydrogens is 296 g/mol. The second-order valence-corrected chi connectivity index (χ2v) is 7.64. The zero-order chi connectivity index (χ0) is 17.1. The third kappa shape index (κ3) is 3.90. The van der Waals surface area contributed by atoms with Crippen molar-refractivity contribution in [2.75, 3.05) is 0 Å². The molecule has 23 heavy (non-hydrogen) atoms. The van der Waals surface area contributed by atoms with Crippen LogP contribution in [0.1, 0.15) is 87.1 Å². The molecule has 0 saturated heterocycles. The lowest BCUT2D eigenvalue weighted by Crippen LogP contribution is -2.12. The minimum absolute atomic E-state index is 0.461. The topological polar surface area (TPSA) is 0 Å². The summed E-state index contributed by atoms with van der Waals surface area (Å²) in [5.74, 6) is 1.45. The minimum atomic E-state index is 0.461. The number of benzene rings is 2. The first-order valence-corrected chi connectivity index (χ1v) is 9.01. The summed E-state index contributed by atoms with van der Waals surface area (Å²) in [6, 6.07) is 15.1. The van der Waals surface area contributed by atoms with Crippen molar-refractivity contribution in [3.63, 3.8) is 0 Å². The number of hydrogen-bond acceptors (Lipinski definition) is 1. The molecule has 0 aliphatic rings. The third-order valence-electron chi connectivity index (χ3n) is 4.40. The van der Waals surface area contributed by atoms with Crippen molar-refractivity contribution < 1.29 is 0 Å². The molecule has 0 saturated carbocycles. The van der Waals surface area contributed by atoms with Crippen LogP contribution in [0.2, 0.25) is 0 Å². The van der Waals surface area contributed by atoms with Gasteiger partial charge in [-0.2, -0.15) is 0 Å². The molecule has 0 amide bonds. The van der Waals surface area contributed by atoms with Gasteiger partial charge in [0.05, 0.1) is 4.86 Å². The average Bonchev–Trinajstić information content (AvgIpc) is 2.53. The lowest BCUT2D eigenvalue weighted by Gasteiger charge is -2.23. The van der Waals surface area contributed by atoms with E-state index in [0.29, 0.717) is 17.8 Å². The Bertz CT molecular complexity index is 649. The molecule has 2 rings (SSSR count). The summed E-state index contributed by atoms with van der Waals surface area (Å²) in [4.78, 5) is 0.980. The molecule has 2 aromatic rings. The molecule has 0 fully saturated rings. The van der Waals surface area contributed by atoms with E-state index in [2.05, 4.69) is 77.9 Å². The van der Waals surface area contributed by atoms with Gasteiger partial charge >= 0.3 is 0 Å². The van der Waals surface area contributed by atoms with E-state index >= 15 is 0 Å². The first-order chi connectivity index (χ1) is 10.8. The highest BCUT2D eigenvalue weighted by Gasteiger charge is 2.20. The van der Waals surface area contributed by atoms with Gasteiger partial charge in [0.2, 0.25) is 0 Å². The van der Waals surface area contributed by atoms with Crippen molar-refractivity contribution in [1.82, 2.24) is 0 Å². The highest BCUT2D eigenvalue weighted by Crippen LogP contribution is 2.33. The maximum Gasteiger partial charge on any atom is 0.0527 e. The van der Waals surface area contributed by atoms with Crippen LogP contribution in [0.4, 0.5) is 0 Å². The number of hydrogen-bond donors (Lipinski definition) is 0. The highest BCUT2D eigenvalue weighted by molar-refractivity contribution is 7.81. The van der Waals surface area contributed by atoms with Crippen molar-refractivity contribution in [2.24, 2.45) is 0 Å². The van der Waals surface area contributed by atoms with Gasteiger partial charge in [0, 0.05) is 5.56 Å². The van der Waals surface area contributed by atoms with E-state index in [-0.39, 0.29) is 0 Å². The molecule has 0 N–H and O–H groups in total. The predicted octanol–water partition coefficient (Wildman–Crippen LogP) is 6.82. The minimum Gasteiger partial charge on any atom is -0.0788 e. The molecule has 1 heteroatoms. The van der Waals surface area contributed by atoms with Gasteiger partial charge in [-0.15, -0.1) is 0 Å². The van der Waals surface area contributed by atoms with Gasteiger partial charge in [0.1, 0.15) is 0 Å². The second-order valence-electron chi connectivity index (χ2n) is 7.23. The maximum absolute atomic E-state index is 5.91. The first kappa shape index (κ1) is 17.9. The first-order valence-electron chi connectivity index (χ1n) is 8.60. The van der Waals surface area contributed by atoms with Gasteiger partial charge in [-0.05, 0) is 40.0 Å². The monoisotopic (exact) mass is 324 g/mol. The Morgan fingerprint density at radius 2 is 1.22 bits per heavy atom. The van der Waals surface area contributed by atoms with E-state index in [1.165, 1.54) is 22.3 Å². The molecule has 2 aromatic carbocycles. The Balaban J connectivity index is 2.71. The fourth-order valence-corrected chi connectivity index (χ4v) is 3.32. The fourth-order valence-electron chi connectivity index (χ4n) is 2.95. The molecule has 0 heterocycles. The Labute approximate surface area is 146 Å². The van der Waals surface area contributed by atoms with Crippen LogP contribution in [0.15, 0.2) is 42.5 Å². The summed E-state index contributed by atoms with van der Waals surface area (Å²) >= 11 is 5.91. The quantitative estimate of drug-likeness (QED) is 0.429. The molecule has 122 valence electrons. The smallest absolute Gasteiger partial charge is 0.0527 e. The molecular formula is C22H28S. The van der Waals surface area contributed by atoms with E-state index in [9.17, 15) is 0 Å². The summed E-state index contributed by atoms with van der Waals surface area (Å²) < 4.78 is 0. The third-order valence-corrected chi connectivity index (χ3v) is 4.84. The van der Waals surface area contributed by atoms with E-state index in [4.69, 9.17) is 12.2 Å². The highest BCUT2D eigenvalue weighted by atomic mass is 32.1. The summed E-state index contributed by atoms with van der Waals surface area (Å²) in [6.45, 7) is 13.6. The molecule has 0 aliphatic carbocycles. The molecule has 0 aliphatic heterocycles. The van der Waals surface area contributed by atoms with Crippen LogP contribution in [0, 0.1) is 0 Å². The van der Waals surface area contributed by atoms with Crippen LogP contribution in [-0.4, -0.2) is 4.86 Å². The van der Waals surface area contributed by atoms with Crippen molar-refractivity contribution in [2.45, 2.75) is 59.3 Å². The van der Waals surface area contributed by atoms with E-state index < -0.39 is 0 Å². The summed E-state index contributed by atoms with van der Waals surface area (Å²) in [6.07, 6.45) is 0. The molecule has 0 aromatic heterocycles. The zero-order valence-corrected chi connectivity index (χ0v) is 16.0. The summed E-state index contributed by atoms with van der Waals surface area (Å²) in [5, 5.41) is 0. The molecule has 0 bridgehead atoms. The zero-order valence-electron chi connectivity index (χ0n) is 15.2. The van der Waals surface area contributed by atoms with Crippen LogP contribution >= 0.6 is 12.2 Å². The Morgan fingerprint density at radius 3 is 1.61 bits per heavy atom. The molecule has 0 unspecified atom stereocenters. The van der Waals surface area contributed by atoms with Crippen molar-refractivity contribution in [1.29, 1.82) is 0 Å². The largest absolute Gasteiger partial charge is 0.0788 e. The van der Waals surface area contributed by atoms with Crippen LogP contribution in [0.3, 0.4) is 0 Å². The standard InChI is InChI=1S/C22H28S/c1-14(2)18-12-19(15(3)4)21(20(13-18)16(5)6)22(23)17-10-8-7-9-11-17/h7-16H,1-6H3. The van der Waals surface area contributed by atoms with Crippen molar-refractivity contribution in [3.05, 3.63) is 70.3 Å². The second kappa shape index (κ2) is 7.40. The van der Waals surface area contributed by atoms with Gasteiger partial charge in [0.15, 0.2) is 0 Å². The van der Waals surface area contributed by atoms with Crippen LogP contribution in [0.5, 0.6) is 0 Å². The lowest BCUT2D eigenvalue weighted by molar-refractivity contribution is 0.801. The fraction of sp³-hybridized carbons (Fsp3) is 0.409. The van der Waals surface area contributed by atoms with Gasteiger partial charge in [0.25, 0.3) is 0 Å². The maximum atomic E-state index is 5.91. The van der Waals surface area contributed by atoms with E-state index in [0.717, 1.165) is 10.4 Å². The molecule has 0 atom stereocenters. The SMILES string of the molecule is CC(C)c1cc(C(C)C)c(C(=S)c2ccccc2)c(C(C)C)c1. The normalized spacial score (nSPS) is 11.5. The van der Waals surface area contributed by atoms with Crippen molar-refractivity contribution >= 4 is 17.1 Å². The summed E-state index contributed by atoms with van der Waals surface area (Å²) in [5.41, 5.74) is 6.60. The van der Waals surface area contributed by atoms with Gasteiger partial charge < -0.3 is 0 Å². The van der Waals surface area contributed by atoms with Crippen LogP contribution in [0.25, 0.3) is 0 Å². The van der Waals surface area contributed by atoms with Crippen LogP contribution in [-0.2, 0) is 0 Å². The summed E-state index contributed by atoms with van der Waals surface area (Å²) in [7, 11) is 0. The van der Waals surface area contributed by atoms with Gasteiger partial charge in [-0.3, -0.25) is 0 Å². The van der Waals surface area contributed by atoms with Gasteiger partial charge in [-0.1, -0.05) is 96.2 Å². The molecule has 0 nitrogen and oxygen atoms in total. The van der Waals surface area contributed by atoms with Gasteiger partial charge in [-0.25, -0.2) is 0 Å². The number of rotatable bonds is 5. The molecule has 0 radical (unpaired) electrons. The van der Waals surface area contributed by atoms with Crippen molar-refractivity contribution in [3.8, 4) is 0 Å².